The number of rotatable bonds is 0. The van der Waals surface area contributed by atoms with Crippen molar-refractivity contribution in [3.63, 3.8) is 0 Å². The summed E-state index contributed by atoms with van der Waals surface area (Å²) in [5, 5.41) is 4.60. The molecule has 2 rings (SSSR count). The van der Waals surface area contributed by atoms with E-state index in [4.69, 9.17) is 23.2 Å². The van der Waals surface area contributed by atoms with E-state index in [1.165, 1.54) is 10.9 Å². The Morgan fingerprint density at radius 2 is 2.00 bits per heavy atom. The predicted octanol–water partition coefficient (Wildman–Crippen LogP) is 4.52. The molecule has 1 aromatic carbocycles. The summed E-state index contributed by atoms with van der Waals surface area (Å²) in [4.78, 5) is 0. The van der Waals surface area contributed by atoms with Crippen LogP contribution in [0, 0.1) is 6.92 Å². The molecule has 0 radical (unpaired) electrons. The van der Waals surface area contributed by atoms with E-state index in [9.17, 15) is 0 Å². The van der Waals surface area contributed by atoms with Crippen LogP contribution >= 0.6 is 34.5 Å². The molecular formula is C9H6Cl2S. The Labute approximate surface area is 84.7 Å². The highest BCUT2D eigenvalue weighted by molar-refractivity contribution is 7.18. The van der Waals surface area contributed by atoms with Gasteiger partial charge < -0.3 is 0 Å². The van der Waals surface area contributed by atoms with E-state index >= 15 is 0 Å². The van der Waals surface area contributed by atoms with E-state index in [-0.39, 0.29) is 0 Å². The van der Waals surface area contributed by atoms with Crippen LogP contribution in [-0.2, 0) is 0 Å². The Balaban J connectivity index is 2.93. The normalized spacial score (nSPS) is 10.9. The van der Waals surface area contributed by atoms with Crippen molar-refractivity contribution in [1.82, 2.24) is 0 Å². The Morgan fingerprint density at radius 1 is 1.25 bits per heavy atom. The zero-order valence-electron chi connectivity index (χ0n) is 6.40. The van der Waals surface area contributed by atoms with Gasteiger partial charge in [-0.1, -0.05) is 29.3 Å². The maximum absolute atomic E-state index is 6.02. The molecule has 0 aliphatic rings. The molecule has 1 heterocycles. The lowest BCUT2D eigenvalue weighted by Crippen LogP contribution is -1.70. The van der Waals surface area contributed by atoms with Crippen molar-refractivity contribution in [1.29, 1.82) is 0 Å². The van der Waals surface area contributed by atoms with Gasteiger partial charge in [0.05, 0.1) is 14.7 Å². The maximum Gasteiger partial charge on any atom is 0.0770 e. The Bertz CT molecular complexity index is 431. The van der Waals surface area contributed by atoms with Crippen molar-refractivity contribution in [3.8, 4) is 0 Å². The molecule has 0 nitrogen and oxygen atoms in total. The van der Waals surface area contributed by atoms with Gasteiger partial charge in [0.1, 0.15) is 0 Å². The molecule has 0 saturated heterocycles. The number of hydrogen-bond donors (Lipinski definition) is 0. The summed E-state index contributed by atoms with van der Waals surface area (Å²) in [6.45, 7) is 2.07. The summed E-state index contributed by atoms with van der Waals surface area (Å²) in [5.74, 6) is 0. The van der Waals surface area contributed by atoms with Crippen LogP contribution in [0.2, 0.25) is 10.0 Å². The van der Waals surface area contributed by atoms with Crippen LogP contribution in [0.15, 0.2) is 17.5 Å². The molecule has 1 aromatic heterocycles. The highest BCUT2D eigenvalue weighted by Gasteiger charge is 2.06. The number of aryl methyl sites for hydroxylation is 1. The van der Waals surface area contributed by atoms with Crippen LogP contribution in [-0.4, -0.2) is 0 Å². The van der Waals surface area contributed by atoms with E-state index in [2.05, 4.69) is 12.3 Å². The molecule has 0 N–H and O–H groups in total. The van der Waals surface area contributed by atoms with Crippen LogP contribution in [0.4, 0.5) is 0 Å². The lowest BCUT2D eigenvalue weighted by Gasteiger charge is -1.96. The predicted molar refractivity (Wildman–Crippen MR) is 56.6 cm³/mol. The zero-order chi connectivity index (χ0) is 8.72. The van der Waals surface area contributed by atoms with Gasteiger partial charge in [-0.15, -0.1) is 11.3 Å². The average Bonchev–Trinajstić information content (AvgIpc) is 2.41. The van der Waals surface area contributed by atoms with E-state index < -0.39 is 0 Å². The average molecular weight is 217 g/mol. The van der Waals surface area contributed by atoms with Crippen molar-refractivity contribution in [3.05, 3.63) is 33.1 Å². The topological polar surface area (TPSA) is 0 Å². The largest absolute Gasteiger partial charge is 0.142 e. The second-order valence-corrected chi connectivity index (χ2v) is 4.32. The third-order valence-electron chi connectivity index (χ3n) is 1.83. The molecular weight excluding hydrogens is 211 g/mol. The zero-order valence-corrected chi connectivity index (χ0v) is 8.72. The molecule has 0 bridgehead atoms. The molecule has 2 aromatic rings. The summed E-state index contributed by atoms with van der Waals surface area (Å²) in [7, 11) is 0. The first-order valence-electron chi connectivity index (χ1n) is 3.52. The summed E-state index contributed by atoms with van der Waals surface area (Å²) in [6.07, 6.45) is 0. The maximum atomic E-state index is 6.02. The second-order valence-electron chi connectivity index (χ2n) is 2.66. The van der Waals surface area contributed by atoms with Gasteiger partial charge in [0.2, 0.25) is 0 Å². The highest BCUT2D eigenvalue weighted by atomic mass is 35.5. The van der Waals surface area contributed by atoms with Gasteiger partial charge in [0.25, 0.3) is 0 Å². The number of halogens is 2. The van der Waals surface area contributed by atoms with E-state index in [1.54, 1.807) is 11.3 Å². The third-order valence-corrected chi connectivity index (χ3v) is 3.88. The van der Waals surface area contributed by atoms with Gasteiger partial charge in [0, 0.05) is 0 Å². The van der Waals surface area contributed by atoms with E-state index in [1.807, 2.05) is 12.1 Å². The molecule has 0 aliphatic heterocycles. The molecule has 62 valence electrons. The minimum absolute atomic E-state index is 0.631. The van der Waals surface area contributed by atoms with Gasteiger partial charge in [-0.05, 0) is 29.3 Å². The molecule has 0 fully saturated rings. The first-order valence-corrected chi connectivity index (χ1v) is 5.15. The summed E-state index contributed by atoms with van der Waals surface area (Å²) in [5.41, 5.74) is 1.26. The molecule has 12 heavy (non-hydrogen) atoms. The third kappa shape index (κ3) is 1.13. The van der Waals surface area contributed by atoms with Gasteiger partial charge in [0.15, 0.2) is 0 Å². The molecule has 0 atom stereocenters. The molecule has 0 amide bonds. The van der Waals surface area contributed by atoms with Gasteiger partial charge in [-0.25, -0.2) is 0 Å². The van der Waals surface area contributed by atoms with Crippen molar-refractivity contribution in [2.24, 2.45) is 0 Å². The molecule has 0 saturated carbocycles. The van der Waals surface area contributed by atoms with Crippen LogP contribution < -0.4 is 0 Å². The Hall–Kier alpha value is -0.240. The molecule has 0 unspecified atom stereocenters. The Morgan fingerprint density at radius 3 is 2.75 bits per heavy atom. The standard InChI is InChI=1S/C9H6Cl2S/c1-5-4-12-9-6(5)2-3-7(10)8(9)11/h2-4H,1H3. The molecule has 0 spiro atoms. The van der Waals surface area contributed by atoms with Crippen molar-refractivity contribution in [2.45, 2.75) is 6.92 Å². The van der Waals surface area contributed by atoms with Crippen LogP contribution in [0.5, 0.6) is 0 Å². The van der Waals surface area contributed by atoms with E-state index in [0.29, 0.717) is 10.0 Å². The van der Waals surface area contributed by atoms with E-state index in [0.717, 1.165) is 4.70 Å². The molecule has 3 heteroatoms. The highest BCUT2D eigenvalue weighted by Crippen LogP contribution is 2.36. The lowest BCUT2D eigenvalue weighted by molar-refractivity contribution is 1.60. The quantitative estimate of drug-likeness (QED) is 0.608. The van der Waals surface area contributed by atoms with Crippen molar-refractivity contribution < 1.29 is 0 Å². The van der Waals surface area contributed by atoms with Gasteiger partial charge >= 0.3 is 0 Å². The number of fused-ring (bicyclic) bond motifs is 1. The summed E-state index contributed by atoms with van der Waals surface area (Å²) < 4.78 is 1.08. The fourth-order valence-corrected chi connectivity index (χ4v) is 2.67. The summed E-state index contributed by atoms with van der Waals surface area (Å²) >= 11 is 13.5. The minimum Gasteiger partial charge on any atom is -0.142 e. The van der Waals surface area contributed by atoms with Crippen LogP contribution in [0.3, 0.4) is 0 Å². The fourth-order valence-electron chi connectivity index (χ4n) is 1.17. The first-order chi connectivity index (χ1) is 5.70. The smallest absolute Gasteiger partial charge is 0.0770 e. The number of benzene rings is 1. The number of thiophene rings is 1. The van der Waals surface area contributed by atoms with Crippen LogP contribution in [0.1, 0.15) is 5.56 Å². The minimum atomic E-state index is 0.631. The van der Waals surface area contributed by atoms with Gasteiger partial charge in [-0.3, -0.25) is 0 Å². The van der Waals surface area contributed by atoms with Crippen molar-refractivity contribution >= 4 is 44.6 Å². The monoisotopic (exact) mass is 216 g/mol. The lowest BCUT2D eigenvalue weighted by atomic mass is 10.2. The van der Waals surface area contributed by atoms with Gasteiger partial charge in [-0.2, -0.15) is 0 Å². The Kier molecular flexibility index (Phi) is 2.03. The first kappa shape index (κ1) is 8.36. The number of hydrogen-bond acceptors (Lipinski definition) is 1. The fraction of sp³-hybridized carbons (Fsp3) is 0.111. The SMILES string of the molecule is Cc1csc2c(Cl)c(Cl)ccc12. The summed E-state index contributed by atoms with van der Waals surface area (Å²) in [6, 6.07) is 3.85. The molecule has 0 aliphatic carbocycles. The van der Waals surface area contributed by atoms with Crippen molar-refractivity contribution in [2.75, 3.05) is 0 Å². The van der Waals surface area contributed by atoms with Crippen LogP contribution in [0.25, 0.3) is 10.1 Å². The second kappa shape index (κ2) is 2.91.